The van der Waals surface area contributed by atoms with Crippen LogP contribution in [0.25, 0.3) is 0 Å². The number of nitrogens with one attached hydrogen (secondary N) is 1. The van der Waals surface area contributed by atoms with Crippen molar-refractivity contribution >= 4 is 6.09 Å². The molecule has 0 spiro atoms. The third-order valence-corrected chi connectivity index (χ3v) is 2.45. The summed E-state index contributed by atoms with van der Waals surface area (Å²) in [4.78, 5) is 11.0. The first-order valence-electron chi connectivity index (χ1n) is 5.18. The summed E-state index contributed by atoms with van der Waals surface area (Å²) in [5, 5.41) is 2.51. The second-order valence-electron chi connectivity index (χ2n) is 3.88. The van der Waals surface area contributed by atoms with Gasteiger partial charge < -0.3 is 14.8 Å². The molecule has 1 N–H and O–H groups in total. The van der Waals surface area contributed by atoms with Gasteiger partial charge >= 0.3 is 12.5 Å². The van der Waals surface area contributed by atoms with Crippen molar-refractivity contribution in [3.63, 3.8) is 0 Å². The Bertz CT molecular complexity index is 461. The van der Waals surface area contributed by atoms with E-state index in [9.17, 15) is 18.0 Å². The molecule has 1 aliphatic heterocycles. The number of carbonyl (C=O) groups excluding carboxylic acids is 1. The van der Waals surface area contributed by atoms with Crippen LogP contribution in [-0.4, -0.2) is 18.5 Å². The number of carbonyl (C=O) groups is 1. The van der Waals surface area contributed by atoms with Crippen LogP contribution >= 0.6 is 0 Å². The molecule has 0 radical (unpaired) electrons. The number of hydrogen-bond acceptors (Lipinski definition) is 3. The second kappa shape index (κ2) is 4.40. The molecule has 0 saturated carbocycles. The van der Waals surface area contributed by atoms with Crippen molar-refractivity contribution in [1.82, 2.24) is 5.32 Å². The molecule has 1 saturated heterocycles. The van der Waals surface area contributed by atoms with Crippen LogP contribution in [0.4, 0.5) is 18.0 Å². The van der Waals surface area contributed by atoms with E-state index in [-0.39, 0.29) is 11.8 Å². The number of ether oxygens (including phenoxy) is 2. The van der Waals surface area contributed by atoms with E-state index in [1.807, 2.05) is 0 Å². The van der Waals surface area contributed by atoms with E-state index in [1.165, 1.54) is 18.2 Å². The molecule has 1 aromatic carbocycles. The number of rotatable bonds is 2. The lowest BCUT2D eigenvalue weighted by Crippen LogP contribution is -2.24. The smallest absolute Gasteiger partial charge is 0.439 e. The minimum Gasteiger partial charge on any atom is -0.439 e. The number of hydrogen-bond donors (Lipinski definition) is 1. The van der Waals surface area contributed by atoms with Crippen LogP contribution in [-0.2, 0) is 4.74 Å². The van der Waals surface area contributed by atoms with E-state index < -0.39 is 18.6 Å². The molecular weight excluding hydrogens is 251 g/mol. The molecule has 2 unspecified atom stereocenters. The highest BCUT2D eigenvalue weighted by Gasteiger charge is 2.34. The number of cyclic esters (lactones) is 1. The number of benzene rings is 1. The standard InChI is InChI=1S/C11H10F3NO3/c1-6-9(17-10(16)15-6)7-3-2-4-8(5-7)18-11(12,13)14/h2-6,9H,1H3,(H,15,16). The van der Waals surface area contributed by atoms with Gasteiger partial charge in [-0.25, -0.2) is 4.79 Å². The van der Waals surface area contributed by atoms with Gasteiger partial charge in [0.05, 0.1) is 6.04 Å². The van der Waals surface area contributed by atoms with Crippen LogP contribution < -0.4 is 10.1 Å². The van der Waals surface area contributed by atoms with Crippen molar-refractivity contribution in [3.05, 3.63) is 29.8 Å². The fourth-order valence-electron chi connectivity index (χ4n) is 1.76. The fourth-order valence-corrected chi connectivity index (χ4v) is 1.76. The lowest BCUT2D eigenvalue weighted by atomic mass is 10.0. The van der Waals surface area contributed by atoms with Crippen LogP contribution in [0, 0.1) is 0 Å². The Morgan fingerprint density at radius 1 is 1.39 bits per heavy atom. The zero-order valence-electron chi connectivity index (χ0n) is 9.32. The minimum atomic E-state index is -4.74. The molecule has 1 aliphatic rings. The van der Waals surface area contributed by atoms with E-state index in [0.29, 0.717) is 5.56 Å². The van der Waals surface area contributed by atoms with Gasteiger partial charge in [0.2, 0.25) is 0 Å². The molecule has 7 heteroatoms. The van der Waals surface area contributed by atoms with Crippen LogP contribution in [0.2, 0.25) is 0 Å². The van der Waals surface area contributed by atoms with Gasteiger partial charge in [0.1, 0.15) is 11.9 Å². The van der Waals surface area contributed by atoms with Gasteiger partial charge in [0.15, 0.2) is 0 Å². The molecule has 1 aromatic rings. The van der Waals surface area contributed by atoms with E-state index in [2.05, 4.69) is 10.1 Å². The molecule has 0 bridgehead atoms. The van der Waals surface area contributed by atoms with Crippen molar-refractivity contribution in [1.29, 1.82) is 0 Å². The predicted molar refractivity (Wildman–Crippen MR) is 54.9 cm³/mol. The average Bonchev–Trinajstić information content (AvgIpc) is 2.55. The first-order valence-corrected chi connectivity index (χ1v) is 5.18. The van der Waals surface area contributed by atoms with Gasteiger partial charge in [-0.05, 0) is 24.6 Å². The van der Waals surface area contributed by atoms with Crippen molar-refractivity contribution in [2.75, 3.05) is 0 Å². The summed E-state index contributed by atoms with van der Waals surface area (Å²) >= 11 is 0. The summed E-state index contributed by atoms with van der Waals surface area (Å²) in [7, 11) is 0. The highest BCUT2D eigenvalue weighted by atomic mass is 19.4. The normalized spacial score (nSPS) is 23.4. The third-order valence-electron chi connectivity index (χ3n) is 2.45. The van der Waals surface area contributed by atoms with Gasteiger partial charge in [-0.1, -0.05) is 12.1 Å². The SMILES string of the molecule is CC1NC(=O)OC1c1cccc(OC(F)(F)F)c1. The Labute approximate surface area is 101 Å². The number of halogens is 3. The van der Waals surface area contributed by atoms with Crippen molar-refractivity contribution in [2.24, 2.45) is 0 Å². The highest BCUT2D eigenvalue weighted by Crippen LogP contribution is 2.30. The quantitative estimate of drug-likeness (QED) is 0.890. The lowest BCUT2D eigenvalue weighted by molar-refractivity contribution is -0.274. The molecule has 1 fully saturated rings. The van der Waals surface area contributed by atoms with Crippen molar-refractivity contribution in [2.45, 2.75) is 25.4 Å². The summed E-state index contributed by atoms with van der Waals surface area (Å²) in [6.45, 7) is 1.70. The Kier molecular flexibility index (Phi) is 3.06. The topological polar surface area (TPSA) is 47.6 Å². The van der Waals surface area contributed by atoms with Crippen LogP contribution in [0.5, 0.6) is 5.75 Å². The molecule has 98 valence electrons. The van der Waals surface area contributed by atoms with Gasteiger partial charge in [-0.3, -0.25) is 0 Å². The van der Waals surface area contributed by atoms with Crippen molar-refractivity contribution in [3.8, 4) is 5.75 Å². The van der Waals surface area contributed by atoms with Gasteiger partial charge in [0.25, 0.3) is 0 Å². The lowest BCUT2D eigenvalue weighted by Gasteiger charge is -2.15. The molecule has 2 atom stereocenters. The number of alkyl halides is 3. The molecule has 1 amide bonds. The molecule has 2 rings (SSSR count). The Morgan fingerprint density at radius 3 is 2.67 bits per heavy atom. The largest absolute Gasteiger partial charge is 0.573 e. The summed E-state index contributed by atoms with van der Waals surface area (Å²) in [5.41, 5.74) is 0.447. The number of amides is 1. The Balaban J connectivity index is 2.19. The monoisotopic (exact) mass is 261 g/mol. The van der Waals surface area contributed by atoms with E-state index >= 15 is 0 Å². The van der Waals surface area contributed by atoms with E-state index in [4.69, 9.17) is 4.74 Å². The zero-order valence-corrected chi connectivity index (χ0v) is 9.32. The number of alkyl carbamates (subject to hydrolysis) is 1. The van der Waals surface area contributed by atoms with E-state index in [0.717, 1.165) is 0 Å². The zero-order chi connectivity index (χ0) is 13.3. The summed E-state index contributed by atoms with van der Waals surface area (Å²) in [6, 6.07) is 5.07. The molecule has 1 heterocycles. The predicted octanol–water partition coefficient (Wildman–Crippen LogP) is 2.75. The van der Waals surface area contributed by atoms with E-state index in [1.54, 1.807) is 13.0 Å². The third kappa shape index (κ3) is 2.85. The van der Waals surface area contributed by atoms with Gasteiger partial charge in [0, 0.05) is 0 Å². The Morgan fingerprint density at radius 2 is 2.11 bits per heavy atom. The average molecular weight is 261 g/mol. The van der Waals surface area contributed by atoms with Crippen LogP contribution in [0.3, 0.4) is 0 Å². The minimum absolute atomic E-state index is 0.307. The first-order chi connectivity index (χ1) is 8.35. The Hall–Kier alpha value is -1.92. The second-order valence-corrected chi connectivity index (χ2v) is 3.88. The maximum atomic E-state index is 12.1. The van der Waals surface area contributed by atoms with Crippen molar-refractivity contribution < 1.29 is 27.4 Å². The fraction of sp³-hybridized carbons (Fsp3) is 0.364. The highest BCUT2D eigenvalue weighted by molar-refractivity contribution is 5.70. The molecule has 0 aromatic heterocycles. The molecule has 4 nitrogen and oxygen atoms in total. The van der Waals surface area contributed by atoms with Crippen LogP contribution in [0.1, 0.15) is 18.6 Å². The molecule has 0 aliphatic carbocycles. The summed E-state index contributed by atoms with van der Waals surface area (Å²) in [5.74, 6) is -0.338. The first kappa shape index (κ1) is 12.5. The molecule has 18 heavy (non-hydrogen) atoms. The maximum Gasteiger partial charge on any atom is 0.573 e. The maximum absolute atomic E-state index is 12.1. The summed E-state index contributed by atoms with van der Waals surface area (Å²) in [6.07, 6.45) is -5.95. The molecular formula is C11H10F3NO3. The summed E-state index contributed by atoms with van der Waals surface area (Å²) < 4.78 is 45.0. The van der Waals surface area contributed by atoms with Gasteiger partial charge in [-0.15, -0.1) is 13.2 Å². The van der Waals surface area contributed by atoms with Crippen LogP contribution in [0.15, 0.2) is 24.3 Å². The van der Waals surface area contributed by atoms with Gasteiger partial charge in [-0.2, -0.15) is 0 Å².